The summed E-state index contributed by atoms with van der Waals surface area (Å²) >= 11 is 4.32. The Kier molecular flexibility index (Phi) is 4.81. The van der Waals surface area contributed by atoms with Crippen molar-refractivity contribution in [1.82, 2.24) is 4.90 Å². The Morgan fingerprint density at radius 2 is 1.94 bits per heavy atom. The zero-order chi connectivity index (χ0) is 12.2. The zero-order valence-electron chi connectivity index (χ0n) is 10.2. The van der Waals surface area contributed by atoms with Crippen LogP contribution in [0, 0.1) is 11.2 Å². The van der Waals surface area contributed by atoms with E-state index < -0.39 is 0 Å². The molecule has 0 aliphatic rings. The Balaban J connectivity index is 2.58. The molecule has 0 aliphatic heterocycles. The summed E-state index contributed by atoms with van der Waals surface area (Å²) in [5.41, 5.74) is 0.906. The second-order valence-corrected chi connectivity index (χ2v) is 5.40. The third kappa shape index (κ3) is 4.14. The van der Waals surface area contributed by atoms with Crippen LogP contribution in [0.15, 0.2) is 24.3 Å². The highest BCUT2D eigenvalue weighted by molar-refractivity contribution is 7.80. The van der Waals surface area contributed by atoms with Crippen LogP contribution in [-0.4, -0.2) is 24.2 Å². The molecule has 0 radical (unpaired) electrons. The van der Waals surface area contributed by atoms with Crippen molar-refractivity contribution in [3.05, 3.63) is 35.6 Å². The molecule has 1 aromatic carbocycles. The van der Waals surface area contributed by atoms with Crippen LogP contribution in [0.3, 0.4) is 0 Å². The minimum atomic E-state index is -0.127. The Morgan fingerprint density at radius 3 is 2.50 bits per heavy atom. The van der Waals surface area contributed by atoms with E-state index in [1.54, 1.807) is 6.07 Å². The van der Waals surface area contributed by atoms with Crippen LogP contribution < -0.4 is 0 Å². The first-order valence-corrected chi connectivity index (χ1v) is 6.11. The maximum Gasteiger partial charge on any atom is 0.127 e. The molecule has 3 heteroatoms. The summed E-state index contributed by atoms with van der Waals surface area (Å²) < 4.78 is 13.4. The van der Waals surface area contributed by atoms with Gasteiger partial charge in [0.2, 0.25) is 0 Å². The van der Waals surface area contributed by atoms with Gasteiger partial charge >= 0.3 is 0 Å². The van der Waals surface area contributed by atoms with Crippen molar-refractivity contribution in [1.29, 1.82) is 0 Å². The number of nitrogens with zero attached hydrogens (tertiary/aromatic N) is 1. The molecule has 0 aliphatic carbocycles. The molecule has 0 bridgehead atoms. The van der Waals surface area contributed by atoms with E-state index in [2.05, 4.69) is 31.4 Å². The van der Waals surface area contributed by atoms with Gasteiger partial charge in [-0.05, 0) is 24.3 Å². The standard InChI is InChI=1S/C13H20FNS/c1-13(2,10-16)9-15(3)8-11-6-4-5-7-12(11)14/h4-7,16H,8-10H2,1-3H3. The maximum atomic E-state index is 13.4. The second kappa shape index (κ2) is 5.69. The van der Waals surface area contributed by atoms with Crippen molar-refractivity contribution < 1.29 is 4.39 Å². The van der Waals surface area contributed by atoms with E-state index >= 15 is 0 Å². The van der Waals surface area contributed by atoms with Crippen molar-refractivity contribution >= 4 is 12.6 Å². The first-order chi connectivity index (χ1) is 7.44. The predicted octanol–water partition coefficient (Wildman–Crippen LogP) is 3.21. The SMILES string of the molecule is CN(Cc1ccccc1F)CC(C)(C)CS. The van der Waals surface area contributed by atoms with Gasteiger partial charge < -0.3 is 4.90 Å². The van der Waals surface area contributed by atoms with E-state index in [-0.39, 0.29) is 11.2 Å². The predicted molar refractivity (Wildman–Crippen MR) is 70.4 cm³/mol. The average molecular weight is 241 g/mol. The van der Waals surface area contributed by atoms with Crippen molar-refractivity contribution in [2.45, 2.75) is 20.4 Å². The molecule has 90 valence electrons. The van der Waals surface area contributed by atoms with Gasteiger partial charge in [-0.25, -0.2) is 4.39 Å². The summed E-state index contributed by atoms with van der Waals surface area (Å²) in [5, 5.41) is 0. The summed E-state index contributed by atoms with van der Waals surface area (Å²) in [6, 6.07) is 6.93. The van der Waals surface area contributed by atoms with E-state index in [1.807, 2.05) is 19.2 Å². The molecule has 0 aromatic heterocycles. The molecule has 0 heterocycles. The Morgan fingerprint density at radius 1 is 1.31 bits per heavy atom. The van der Waals surface area contributed by atoms with E-state index in [9.17, 15) is 4.39 Å². The van der Waals surface area contributed by atoms with Crippen molar-refractivity contribution in [2.24, 2.45) is 5.41 Å². The summed E-state index contributed by atoms with van der Waals surface area (Å²) in [7, 11) is 2.01. The number of benzene rings is 1. The van der Waals surface area contributed by atoms with Gasteiger partial charge in [-0.2, -0.15) is 12.6 Å². The van der Waals surface area contributed by atoms with Crippen LogP contribution in [0.4, 0.5) is 4.39 Å². The Hall–Kier alpha value is -0.540. The quantitative estimate of drug-likeness (QED) is 0.775. The second-order valence-electron chi connectivity index (χ2n) is 5.09. The number of hydrogen-bond acceptors (Lipinski definition) is 2. The summed E-state index contributed by atoms with van der Waals surface area (Å²) in [6.07, 6.45) is 0. The molecular formula is C13H20FNS. The molecule has 0 atom stereocenters. The Bertz CT molecular complexity index is 338. The van der Waals surface area contributed by atoms with Gasteiger partial charge in [0.25, 0.3) is 0 Å². The third-order valence-electron chi connectivity index (χ3n) is 2.52. The highest BCUT2D eigenvalue weighted by Crippen LogP contribution is 2.19. The molecule has 0 N–H and O–H groups in total. The molecule has 0 spiro atoms. The van der Waals surface area contributed by atoms with Gasteiger partial charge in [-0.15, -0.1) is 0 Å². The van der Waals surface area contributed by atoms with Crippen LogP contribution in [0.1, 0.15) is 19.4 Å². The molecule has 16 heavy (non-hydrogen) atoms. The van der Waals surface area contributed by atoms with Gasteiger partial charge in [0.05, 0.1) is 0 Å². The lowest BCUT2D eigenvalue weighted by molar-refractivity contribution is 0.223. The molecule has 0 amide bonds. The number of halogens is 1. The van der Waals surface area contributed by atoms with Gasteiger partial charge in [-0.1, -0.05) is 32.0 Å². The molecular weight excluding hydrogens is 221 g/mol. The van der Waals surface area contributed by atoms with Gasteiger partial charge in [-0.3, -0.25) is 0 Å². The third-order valence-corrected chi connectivity index (χ3v) is 3.38. The molecule has 0 saturated carbocycles. The normalized spacial score (nSPS) is 12.1. The zero-order valence-corrected chi connectivity index (χ0v) is 11.1. The van der Waals surface area contributed by atoms with E-state index in [1.165, 1.54) is 6.07 Å². The van der Waals surface area contributed by atoms with Crippen LogP contribution >= 0.6 is 12.6 Å². The van der Waals surface area contributed by atoms with Crippen LogP contribution in [-0.2, 0) is 6.54 Å². The lowest BCUT2D eigenvalue weighted by atomic mass is 9.95. The molecule has 0 fully saturated rings. The lowest BCUT2D eigenvalue weighted by Crippen LogP contribution is -2.32. The highest BCUT2D eigenvalue weighted by Gasteiger charge is 2.18. The molecule has 1 aromatic rings. The van der Waals surface area contributed by atoms with E-state index in [4.69, 9.17) is 0 Å². The summed E-state index contributed by atoms with van der Waals surface area (Å²) in [4.78, 5) is 2.13. The smallest absolute Gasteiger partial charge is 0.127 e. The molecule has 1 rings (SSSR count). The first kappa shape index (κ1) is 13.5. The van der Waals surface area contributed by atoms with Gasteiger partial charge in [0.15, 0.2) is 0 Å². The van der Waals surface area contributed by atoms with Crippen molar-refractivity contribution in [3.8, 4) is 0 Å². The molecule has 1 nitrogen and oxygen atoms in total. The minimum Gasteiger partial charge on any atom is -0.301 e. The number of hydrogen-bond donors (Lipinski definition) is 1. The van der Waals surface area contributed by atoms with Crippen molar-refractivity contribution in [3.63, 3.8) is 0 Å². The van der Waals surface area contributed by atoms with Gasteiger partial charge in [0.1, 0.15) is 5.82 Å². The van der Waals surface area contributed by atoms with Crippen LogP contribution in [0.5, 0.6) is 0 Å². The highest BCUT2D eigenvalue weighted by atomic mass is 32.1. The number of thiol groups is 1. The van der Waals surface area contributed by atoms with E-state index in [0.717, 1.165) is 17.9 Å². The minimum absolute atomic E-state index is 0.127. The molecule has 0 unspecified atom stereocenters. The Labute approximate surface area is 103 Å². The average Bonchev–Trinajstić information content (AvgIpc) is 2.21. The van der Waals surface area contributed by atoms with Gasteiger partial charge in [0, 0.05) is 18.7 Å². The monoisotopic (exact) mass is 241 g/mol. The van der Waals surface area contributed by atoms with Crippen LogP contribution in [0.25, 0.3) is 0 Å². The van der Waals surface area contributed by atoms with E-state index in [0.29, 0.717) is 6.54 Å². The van der Waals surface area contributed by atoms with Crippen molar-refractivity contribution in [2.75, 3.05) is 19.3 Å². The molecule has 0 saturated heterocycles. The topological polar surface area (TPSA) is 3.24 Å². The van der Waals surface area contributed by atoms with Crippen LogP contribution in [0.2, 0.25) is 0 Å². The lowest BCUT2D eigenvalue weighted by Gasteiger charge is -2.28. The fourth-order valence-electron chi connectivity index (χ4n) is 1.75. The maximum absolute atomic E-state index is 13.4. The largest absolute Gasteiger partial charge is 0.301 e. The fourth-order valence-corrected chi connectivity index (χ4v) is 1.85. The first-order valence-electron chi connectivity index (χ1n) is 5.47. The number of rotatable bonds is 5. The summed E-state index contributed by atoms with van der Waals surface area (Å²) in [5.74, 6) is 0.701. The fraction of sp³-hybridized carbons (Fsp3) is 0.538. The summed E-state index contributed by atoms with van der Waals surface area (Å²) in [6.45, 7) is 5.88.